The Labute approximate surface area is 476 Å². The van der Waals surface area contributed by atoms with Gasteiger partial charge in [0.2, 0.25) is 0 Å². The van der Waals surface area contributed by atoms with Crippen LogP contribution in [0.5, 0.6) is 0 Å². The number of hydrogen-bond acceptors (Lipinski definition) is 0. The van der Waals surface area contributed by atoms with Crippen LogP contribution >= 0.6 is 0 Å². The van der Waals surface area contributed by atoms with Crippen LogP contribution in [0.2, 0.25) is 0 Å². The van der Waals surface area contributed by atoms with Crippen LogP contribution in [0.15, 0.2) is 243 Å². The van der Waals surface area contributed by atoms with E-state index in [0.29, 0.717) is 0 Å². The maximum absolute atomic E-state index is 2.24. The minimum absolute atomic E-state index is 0. The molecule has 12 aromatic rings. The summed E-state index contributed by atoms with van der Waals surface area (Å²) in [7, 11) is 0. The van der Waals surface area contributed by atoms with Crippen molar-refractivity contribution in [3.8, 4) is 0 Å². The molecule has 0 aromatic heterocycles. The molecule has 0 aliphatic heterocycles. The van der Waals surface area contributed by atoms with Crippen LogP contribution in [0.3, 0.4) is 0 Å². The fourth-order valence-electron chi connectivity index (χ4n) is 8.83. The second-order valence-corrected chi connectivity index (χ2v) is 19.9. The topological polar surface area (TPSA) is 0 Å². The van der Waals surface area contributed by atoms with Gasteiger partial charge in [-0.1, -0.05) is 79.7 Å². The summed E-state index contributed by atoms with van der Waals surface area (Å²) in [4.78, 5) is 0. The molecule has 12 rings (SSSR count). The van der Waals surface area contributed by atoms with Gasteiger partial charge in [-0.25, -0.2) is 0 Å². The van der Waals surface area contributed by atoms with Crippen molar-refractivity contribution >= 4 is 50.7 Å². The molecular weight excluding hydrogens is 1010 g/mol. The molecule has 368 valence electrons. The van der Waals surface area contributed by atoms with E-state index in [-0.39, 0.29) is 24.8 Å². The molecule has 12 aromatic carbocycles. The predicted octanol–water partition coefficient (Wildman–Crippen LogP) is 12.3. The summed E-state index contributed by atoms with van der Waals surface area (Å²) in [5.74, 6) is 0. The van der Waals surface area contributed by atoms with Crippen LogP contribution in [0.25, 0.3) is 43.1 Å². The van der Waals surface area contributed by atoms with Crippen molar-refractivity contribution in [2.75, 3.05) is 0 Å². The van der Waals surface area contributed by atoms with Crippen LogP contribution in [0.1, 0.15) is 66.8 Å². The third-order valence-corrected chi connectivity index (χ3v) is 15.4. The Kier molecular flexibility index (Phi) is 23.2. The van der Waals surface area contributed by atoms with E-state index >= 15 is 0 Å². The summed E-state index contributed by atoms with van der Waals surface area (Å²) in [6.07, 6.45) is 0. The van der Waals surface area contributed by atoms with E-state index in [0.717, 1.165) is 0 Å². The predicted molar refractivity (Wildman–Crippen MR) is 308 cm³/mol. The first-order chi connectivity index (χ1) is 34.9. The molecule has 0 N–H and O–H groups in total. The molecule has 0 spiro atoms. The minimum atomic E-state index is 0. The quantitative estimate of drug-likeness (QED) is 0.122. The number of benzene rings is 8. The van der Waals surface area contributed by atoms with Gasteiger partial charge >= 0.3 is 191 Å². The Balaban J connectivity index is 0.000000164. The first-order valence-corrected chi connectivity index (χ1v) is 26.3. The molecule has 0 nitrogen and oxygen atoms in total. The molecule has 0 atom stereocenters. The van der Waals surface area contributed by atoms with Crippen LogP contribution in [0.4, 0.5) is 0 Å². The Morgan fingerprint density at radius 1 is 0.243 bits per heavy atom. The van der Waals surface area contributed by atoms with E-state index in [9.17, 15) is 0 Å². The van der Waals surface area contributed by atoms with E-state index in [1.165, 1.54) is 117 Å². The molecule has 0 aliphatic carbocycles. The van der Waals surface area contributed by atoms with Crippen molar-refractivity contribution in [2.24, 2.45) is 0 Å². The van der Waals surface area contributed by atoms with Gasteiger partial charge in [-0.15, -0.1) is 162 Å². The van der Waals surface area contributed by atoms with E-state index in [1.54, 1.807) is 0 Å². The molecule has 0 saturated heterocycles. The number of aryl methyl sites for hydroxylation is 8. The van der Waals surface area contributed by atoms with Crippen molar-refractivity contribution in [1.29, 1.82) is 0 Å². The normalized spacial score (nSPS) is 10.1. The summed E-state index contributed by atoms with van der Waals surface area (Å²) >= 11 is 4.31. The van der Waals surface area contributed by atoms with Crippen LogP contribution in [0, 0.1) is 55.4 Å². The van der Waals surface area contributed by atoms with E-state index in [4.69, 9.17) is 0 Å². The molecular formula is C70H64Cl2Ti2-2. The number of rotatable bonds is 4. The van der Waals surface area contributed by atoms with Crippen LogP contribution in [-0.2, 0) is 39.9 Å². The Hall–Kier alpha value is -6.05. The summed E-state index contributed by atoms with van der Waals surface area (Å²) in [5, 5.41) is 11.0. The molecule has 0 aliphatic rings. The SMILES string of the molecule is Cc1[cH-]c2ccccc2c1C.Cc1[cH-]c2ccccc2c1C.Cc1[cH-]c2ccccc2c1C.Cc1[cH-]c2ccccc2c1C.[Cl-].[Cl-].[Ti+2]=[C](c1ccccc1)c1ccccc1.[Ti+2]=[C](c1ccccc1)c1ccccc1. The monoisotopic (exact) mass is 1070 g/mol. The summed E-state index contributed by atoms with van der Waals surface area (Å²) in [6.45, 7) is 17.4. The van der Waals surface area contributed by atoms with Gasteiger partial charge in [0.15, 0.2) is 0 Å². The second kappa shape index (κ2) is 29.1. The average molecular weight is 1070 g/mol. The van der Waals surface area contributed by atoms with Crippen molar-refractivity contribution in [3.05, 3.63) is 309 Å². The van der Waals surface area contributed by atoms with Gasteiger partial charge in [-0.05, 0) is 0 Å². The fraction of sp³-hybridized carbons (Fsp3) is 0.114. The van der Waals surface area contributed by atoms with Gasteiger partial charge in [-0.3, -0.25) is 0 Å². The number of hydrogen-bond donors (Lipinski definition) is 0. The molecule has 0 heterocycles. The van der Waals surface area contributed by atoms with Gasteiger partial charge in [0.1, 0.15) is 0 Å². The van der Waals surface area contributed by atoms with Gasteiger partial charge < -0.3 is 24.8 Å². The molecule has 0 bridgehead atoms. The first-order valence-electron chi connectivity index (χ1n) is 24.8. The second-order valence-electron chi connectivity index (χ2n) is 18.4. The third-order valence-electron chi connectivity index (χ3n) is 13.6. The van der Waals surface area contributed by atoms with Crippen LogP contribution in [-0.4, -0.2) is 7.62 Å². The molecule has 74 heavy (non-hydrogen) atoms. The summed E-state index contributed by atoms with van der Waals surface area (Å²) in [6, 6.07) is 84.9. The molecule has 4 heteroatoms. The average Bonchev–Trinajstić information content (AvgIpc) is 4.11. The molecule has 0 radical (unpaired) electrons. The zero-order valence-electron chi connectivity index (χ0n) is 43.8. The zero-order chi connectivity index (χ0) is 51.0. The summed E-state index contributed by atoms with van der Waals surface area (Å²) < 4.78 is 2.65. The number of halogens is 2. The fourth-order valence-corrected chi connectivity index (χ4v) is 9.87. The molecule has 0 amide bonds. The Bertz CT molecular complexity index is 3140. The number of fused-ring (bicyclic) bond motifs is 4. The van der Waals surface area contributed by atoms with Gasteiger partial charge in [0.05, 0.1) is 0 Å². The van der Waals surface area contributed by atoms with Crippen LogP contribution < -0.4 is 24.8 Å². The van der Waals surface area contributed by atoms with Crippen molar-refractivity contribution in [2.45, 2.75) is 55.4 Å². The van der Waals surface area contributed by atoms with Crippen molar-refractivity contribution in [1.82, 2.24) is 0 Å². The molecule has 0 saturated carbocycles. The Morgan fingerprint density at radius 3 is 0.581 bits per heavy atom. The third kappa shape index (κ3) is 15.5. The van der Waals surface area contributed by atoms with E-state index in [2.05, 4.69) is 314 Å². The molecule has 0 fully saturated rings. The standard InChI is InChI=1S/2C13H10.4C11H11.2ClH.2Ti/c2*1-3-7-12(8-4-1)11-13-9-5-2-6-10-13;4*1-8-7-10-5-3-4-6-11(10)9(8)2;;;;/h2*1-10H;4*3-7H,1-2H3;2*1H;;/q;;4*-1;;;2*+2/p-2. The van der Waals surface area contributed by atoms with Gasteiger partial charge in [0, 0.05) is 0 Å². The first kappa shape index (κ1) is 58.8. The maximum atomic E-state index is 2.24. The molecule has 0 unspecified atom stereocenters. The summed E-state index contributed by atoms with van der Waals surface area (Å²) in [5.41, 5.74) is 16.4. The van der Waals surface area contributed by atoms with Gasteiger partial charge in [-0.2, -0.15) is 22.3 Å². The van der Waals surface area contributed by atoms with Crippen molar-refractivity contribution < 1.29 is 64.8 Å². The van der Waals surface area contributed by atoms with E-state index in [1.807, 2.05) is 24.3 Å². The van der Waals surface area contributed by atoms with E-state index < -0.39 is 0 Å². The van der Waals surface area contributed by atoms with Gasteiger partial charge in [0.25, 0.3) is 0 Å². The zero-order valence-corrected chi connectivity index (χ0v) is 48.5. The van der Waals surface area contributed by atoms with Crippen molar-refractivity contribution in [3.63, 3.8) is 0 Å². The Morgan fingerprint density at radius 2 is 0.405 bits per heavy atom.